The van der Waals surface area contributed by atoms with Gasteiger partial charge in [-0.3, -0.25) is 4.79 Å². The third-order valence-electron chi connectivity index (χ3n) is 6.82. The van der Waals surface area contributed by atoms with Gasteiger partial charge in [0.15, 0.2) is 0 Å². The highest BCUT2D eigenvalue weighted by molar-refractivity contribution is 7.89. The Labute approximate surface area is 192 Å². The number of fused-ring (bicyclic) bond motifs is 1. The number of nitrogens with zero attached hydrogens (tertiary/aromatic N) is 3. The van der Waals surface area contributed by atoms with Crippen LogP contribution in [0.1, 0.15) is 12.0 Å². The fourth-order valence-electron chi connectivity index (χ4n) is 5.07. The lowest BCUT2D eigenvalue weighted by atomic mass is 9.74. The molecule has 1 spiro atoms. The number of morpholine rings is 1. The maximum absolute atomic E-state index is 14.2. The van der Waals surface area contributed by atoms with Crippen LogP contribution in [0.2, 0.25) is 0 Å². The molecule has 0 bridgehead atoms. The SMILES string of the molecule is O=C1CO[C@H]2CCN(C(=O)N3CC4(C3)CN(S(=O)(=O)c3ccc(C(F)(F)F)cc3F)C4)C[C@H]2N1. The van der Waals surface area contributed by atoms with Crippen LogP contribution in [0.15, 0.2) is 23.1 Å². The zero-order chi connectivity index (χ0) is 24.5. The molecule has 1 aromatic carbocycles. The Morgan fingerprint density at radius 3 is 2.50 bits per heavy atom. The molecule has 4 fully saturated rings. The fourth-order valence-corrected chi connectivity index (χ4v) is 6.78. The van der Waals surface area contributed by atoms with E-state index in [0.29, 0.717) is 44.7 Å². The second kappa shape index (κ2) is 7.78. The number of hydrogen-bond donors (Lipinski definition) is 1. The highest BCUT2D eigenvalue weighted by Crippen LogP contribution is 2.43. The number of benzene rings is 1. The van der Waals surface area contributed by atoms with Crippen LogP contribution < -0.4 is 5.32 Å². The van der Waals surface area contributed by atoms with Crippen LogP contribution >= 0.6 is 0 Å². The predicted octanol–water partition coefficient (Wildman–Crippen LogP) is 0.860. The fraction of sp³-hybridized carbons (Fsp3) is 0.600. The summed E-state index contributed by atoms with van der Waals surface area (Å²) in [6.07, 6.45) is -4.31. The van der Waals surface area contributed by atoms with Gasteiger partial charge in [-0.2, -0.15) is 17.5 Å². The summed E-state index contributed by atoms with van der Waals surface area (Å²) < 4.78 is 84.3. The van der Waals surface area contributed by atoms with Gasteiger partial charge in [-0.05, 0) is 24.6 Å². The average Bonchev–Trinajstić information content (AvgIpc) is 2.69. The summed E-state index contributed by atoms with van der Waals surface area (Å²) in [7, 11) is -4.30. The van der Waals surface area contributed by atoms with Gasteiger partial charge < -0.3 is 19.9 Å². The smallest absolute Gasteiger partial charge is 0.366 e. The number of rotatable bonds is 2. The average molecular weight is 506 g/mol. The largest absolute Gasteiger partial charge is 0.416 e. The molecule has 0 saturated carbocycles. The van der Waals surface area contributed by atoms with Crippen molar-refractivity contribution in [3.8, 4) is 0 Å². The number of piperidine rings is 1. The Balaban J connectivity index is 1.17. The third-order valence-corrected chi connectivity index (χ3v) is 8.64. The number of nitrogens with one attached hydrogen (secondary N) is 1. The molecule has 2 atom stereocenters. The molecule has 4 aliphatic rings. The number of alkyl halides is 3. The van der Waals surface area contributed by atoms with Gasteiger partial charge in [0.1, 0.15) is 17.3 Å². The number of carbonyl (C=O) groups is 2. The third kappa shape index (κ3) is 3.90. The standard InChI is InChI=1S/C20H22F4N4O5S/c21-13-5-12(20(22,23)24)1-2-16(13)34(31,32)28-10-19(11-28)8-27(9-19)18(30)26-4-3-15-14(6-26)25-17(29)7-33-15/h1-2,5,14-15H,3-4,6-11H2,(H,25,29)/t14-,15+/m1/s1. The maximum atomic E-state index is 14.2. The first-order valence-corrected chi connectivity index (χ1v) is 12.1. The molecule has 14 heteroatoms. The van der Waals surface area contributed by atoms with E-state index in [9.17, 15) is 35.6 Å². The van der Waals surface area contributed by atoms with Crippen molar-refractivity contribution in [3.63, 3.8) is 0 Å². The lowest BCUT2D eigenvalue weighted by Crippen LogP contribution is -2.75. The van der Waals surface area contributed by atoms with Gasteiger partial charge in [-0.25, -0.2) is 17.6 Å². The van der Waals surface area contributed by atoms with Crippen molar-refractivity contribution in [3.05, 3.63) is 29.6 Å². The molecule has 0 radical (unpaired) electrons. The minimum Gasteiger partial charge on any atom is -0.366 e. The maximum Gasteiger partial charge on any atom is 0.416 e. The topological polar surface area (TPSA) is 99.3 Å². The number of ether oxygens (including phenoxy) is 1. The zero-order valence-corrected chi connectivity index (χ0v) is 18.7. The van der Waals surface area contributed by atoms with E-state index in [1.807, 2.05) is 0 Å². The van der Waals surface area contributed by atoms with E-state index in [1.165, 1.54) is 0 Å². The number of halogens is 4. The highest BCUT2D eigenvalue weighted by atomic mass is 32.2. The van der Waals surface area contributed by atoms with Crippen molar-refractivity contribution in [1.82, 2.24) is 19.4 Å². The van der Waals surface area contributed by atoms with E-state index >= 15 is 0 Å². The first-order chi connectivity index (χ1) is 15.9. The Bertz CT molecular complexity index is 1130. The second-order valence-electron chi connectivity index (χ2n) is 9.31. The van der Waals surface area contributed by atoms with Crippen molar-refractivity contribution in [2.45, 2.75) is 29.6 Å². The van der Waals surface area contributed by atoms with Crippen LogP contribution in [0.25, 0.3) is 0 Å². The summed E-state index contributed by atoms with van der Waals surface area (Å²) in [4.78, 5) is 26.8. The number of sulfonamides is 1. The number of urea groups is 1. The van der Waals surface area contributed by atoms with Gasteiger partial charge in [-0.15, -0.1) is 0 Å². The molecule has 4 saturated heterocycles. The van der Waals surface area contributed by atoms with E-state index in [0.717, 1.165) is 4.31 Å². The summed E-state index contributed by atoms with van der Waals surface area (Å²) in [6.45, 7) is 1.56. The summed E-state index contributed by atoms with van der Waals surface area (Å²) in [5, 5.41) is 2.83. The molecular weight excluding hydrogens is 484 g/mol. The Hall–Kier alpha value is -2.45. The minimum atomic E-state index is -4.78. The molecule has 5 rings (SSSR count). The molecule has 4 heterocycles. The molecule has 4 aliphatic heterocycles. The summed E-state index contributed by atoms with van der Waals surface area (Å²) >= 11 is 0. The van der Waals surface area contributed by atoms with Crippen LogP contribution in [0, 0.1) is 11.2 Å². The van der Waals surface area contributed by atoms with E-state index in [4.69, 9.17) is 4.74 Å². The molecule has 9 nitrogen and oxygen atoms in total. The Kier molecular flexibility index (Phi) is 5.33. The normalized spacial score (nSPS) is 27.0. The lowest BCUT2D eigenvalue weighted by molar-refractivity contribution is -0.140. The summed E-state index contributed by atoms with van der Waals surface area (Å²) in [5.74, 6) is -1.68. The minimum absolute atomic E-state index is 0.0134. The molecule has 3 amide bonds. The molecule has 0 unspecified atom stereocenters. The molecule has 0 aliphatic carbocycles. The van der Waals surface area contributed by atoms with E-state index < -0.39 is 37.9 Å². The predicted molar refractivity (Wildman–Crippen MR) is 107 cm³/mol. The Morgan fingerprint density at radius 2 is 1.85 bits per heavy atom. The van der Waals surface area contributed by atoms with E-state index in [2.05, 4.69) is 5.32 Å². The van der Waals surface area contributed by atoms with Crippen LogP contribution in [-0.2, 0) is 25.7 Å². The summed E-state index contributed by atoms with van der Waals surface area (Å²) in [6, 6.07) is 0.871. The molecule has 0 aromatic heterocycles. The Morgan fingerprint density at radius 1 is 1.15 bits per heavy atom. The van der Waals surface area contributed by atoms with E-state index in [-0.39, 0.29) is 49.8 Å². The monoisotopic (exact) mass is 506 g/mol. The zero-order valence-electron chi connectivity index (χ0n) is 17.8. The first-order valence-electron chi connectivity index (χ1n) is 10.7. The summed E-state index contributed by atoms with van der Waals surface area (Å²) in [5.41, 5.74) is -1.72. The van der Waals surface area contributed by atoms with Crippen molar-refractivity contribution in [1.29, 1.82) is 0 Å². The van der Waals surface area contributed by atoms with Gasteiger partial charge in [0.05, 0.1) is 17.7 Å². The molecule has 1 N–H and O–H groups in total. The van der Waals surface area contributed by atoms with Gasteiger partial charge >= 0.3 is 12.2 Å². The van der Waals surface area contributed by atoms with Crippen LogP contribution in [0.3, 0.4) is 0 Å². The van der Waals surface area contributed by atoms with Crippen molar-refractivity contribution < 1.29 is 40.3 Å². The van der Waals surface area contributed by atoms with Gasteiger partial charge in [0, 0.05) is 44.7 Å². The van der Waals surface area contributed by atoms with Crippen molar-refractivity contribution >= 4 is 22.0 Å². The number of amides is 3. The van der Waals surface area contributed by atoms with E-state index in [1.54, 1.807) is 9.80 Å². The first kappa shape index (κ1) is 23.3. The van der Waals surface area contributed by atoms with Gasteiger partial charge in [0.2, 0.25) is 15.9 Å². The molecule has 34 heavy (non-hydrogen) atoms. The van der Waals surface area contributed by atoms with Gasteiger partial charge in [-0.1, -0.05) is 0 Å². The number of carbonyl (C=O) groups excluding carboxylic acids is 2. The number of likely N-dealkylation sites (tertiary alicyclic amines) is 2. The van der Waals surface area contributed by atoms with Crippen LogP contribution in [0.4, 0.5) is 22.4 Å². The van der Waals surface area contributed by atoms with Crippen LogP contribution in [-0.4, -0.2) is 92.5 Å². The lowest BCUT2D eigenvalue weighted by Gasteiger charge is -2.60. The second-order valence-corrected chi connectivity index (χ2v) is 11.2. The number of hydrogen-bond acceptors (Lipinski definition) is 5. The molecule has 1 aromatic rings. The highest BCUT2D eigenvalue weighted by Gasteiger charge is 2.57. The molecular formula is C20H22F4N4O5S. The molecule has 186 valence electrons. The quantitative estimate of drug-likeness (QED) is 0.600. The van der Waals surface area contributed by atoms with Crippen LogP contribution in [0.5, 0.6) is 0 Å². The van der Waals surface area contributed by atoms with Crippen molar-refractivity contribution in [2.24, 2.45) is 5.41 Å². The van der Waals surface area contributed by atoms with Gasteiger partial charge in [0.25, 0.3) is 0 Å². The van der Waals surface area contributed by atoms with Crippen molar-refractivity contribution in [2.75, 3.05) is 45.9 Å².